The van der Waals surface area contributed by atoms with E-state index in [-0.39, 0.29) is 17.4 Å². The number of aryl methyl sites for hydroxylation is 1. The van der Waals surface area contributed by atoms with Gasteiger partial charge >= 0.3 is 0 Å². The molecule has 24 heavy (non-hydrogen) atoms. The number of carbonyl (C=O) groups excluding carboxylic acids is 1. The van der Waals surface area contributed by atoms with Crippen molar-refractivity contribution in [3.63, 3.8) is 0 Å². The Kier molecular flexibility index (Phi) is 5.39. The molecule has 0 bridgehead atoms. The molecule has 2 aromatic rings. The molecule has 6 nitrogen and oxygen atoms in total. The van der Waals surface area contributed by atoms with Gasteiger partial charge in [0.15, 0.2) is 5.82 Å². The van der Waals surface area contributed by atoms with Gasteiger partial charge < -0.3 is 14.7 Å². The van der Waals surface area contributed by atoms with Crippen LogP contribution in [-0.2, 0) is 0 Å². The summed E-state index contributed by atoms with van der Waals surface area (Å²) in [6.07, 6.45) is 0. The number of nitrogens with zero attached hydrogens (tertiary/aromatic N) is 3. The van der Waals surface area contributed by atoms with Gasteiger partial charge in [0.2, 0.25) is 0 Å². The number of benzene rings is 1. The first-order valence-corrected chi connectivity index (χ1v) is 8.05. The van der Waals surface area contributed by atoms with Crippen LogP contribution in [0, 0.1) is 12.3 Å². The third kappa shape index (κ3) is 4.41. The van der Waals surface area contributed by atoms with Crippen LogP contribution in [0.1, 0.15) is 37.0 Å². The van der Waals surface area contributed by atoms with Gasteiger partial charge in [-0.2, -0.15) is 4.98 Å². The fourth-order valence-electron chi connectivity index (χ4n) is 2.61. The molecular formula is C18H26N4O2. The Hall–Kier alpha value is -2.21. The van der Waals surface area contributed by atoms with Crippen LogP contribution < -0.4 is 5.32 Å². The molecule has 130 valence electrons. The van der Waals surface area contributed by atoms with Crippen molar-refractivity contribution in [2.45, 2.75) is 33.7 Å². The molecule has 1 aromatic heterocycles. The maximum Gasteiger partial charge on any atom is 0.257 e. The monoisotopic (exact) mass is 330 g/mol. The minimum Gasteiger partial charge on any atom is -0.349 e. The van der Waals surface area contributed by atoms with E-state index >= 15 is 0 Å². The van der Waals surface area contributed by atoms with E-state index in [2.05, 4.69) is 34.2 Å². The van der Waals surface area contributed by atoms with Crippen LogP contribution in [0.15, 0.2) is 28.8 Å². The van der Waals surface area contributed by atoms with Crippen molar-refractivity contribution < 1.29 is 9.32 Å². The minimum absolute atomic E-state index is 0.0274. The smallest absolute Gasteiger partial charge is 0.257 e. The van der Waals surface area contributed by atoms with Gasteiger partial charge in [-0.25, -0.2) is 0 Å². The van der Waals surface area contributed by atoms with Crippen LogP contribution in [0.2, 0.25) is 0 Å². The molecule has 2 rings (SSSR count). The molecule has 1 aromatic carbocycles. The molecule has 1 N–H and O–H groups in total. The highest BCUT2D eigenvalue weighted by molar-refractivity contribution is 5.94. The summed E-state index contributed by atoms with van der Waals surface area (Å²) >= 11 is 0. The van der Waals surface area contributed by atoms with E-state index in [1.807, 2.05) is 33.2 Å². The van der Waals surface area contributed by atoms with E-state index in [9.17, 15) is 4.79 Å². The molecule has 0 aliphatic rings. The molecule has 0 radical (unpaired) electrons. The quantitative estimate of drug-likeness (QED) is 0.882. The third-order valence-electron chi connectivity index (χ3n) is 4.17. The first-order chi connectivity index (χ1) is 11.2. The van der Waals surface area contributed by atoms with Gasteiger partial charge in [0, 0.05) is 23.7 Å². The Bertz CT molecular complexity index is 689. The molecule has 0 unspecified atom stereocenters. The second-order valence-electron chi connectivity index (χ2n) is 7.15. The molecule has 6 heteroatoms. The molecule has 0 saturated carbocycles. The molecule has 1 atom stereocenters. The average molecular weight is 330 g/mol. The number of aromatic nitrogens is 2. The summed E-state index contributed by atoms with van der Waals surface area (Å²) in [5, 5.41) is 6.86. The van der Waals surface area contributed by atoms with Gasteiger partial charge in [0.05, 0.1) is 0 Å². The number of hydrogen-bond donors (Lipinski definition) is 1. The molecule has 0 fully saturated rings. The van der Waals surface area contributed by atoms with Crippen LogP contribution >= 0.6 is 0 Å². The molecule has 0 spiro atoms. The maximum absolute atomic E-state index is 12.5. The fourth-order valence-corrected chi connectivity index (χ4v) is 2.61. The van der Waals surface area contributed by atoms with Crippen LogP contribution in [0.3, 0.4) is 0 Å². The van der Waals surface area contributed by atoms with Crippen molar-refractivity contribution >= 4 is 5.91 Å². The van der Waals surface area contributed by atoms with Gasteiger partial charge in [0.25, 0.3) is 11.8 Å². The molecule has 1 amide bonds. The summed E-state index contributed by atoms with van der Waals surface area (Å²) in [4.78, 5) is 18.8. The van der Waals surface area contributed by atoms with Crippen molar-refractivity contribution in [3.05, 3.63) is 35.7 Å². The second-order valence-corrected chi connectivity index (χ2v) is 7.15. The number of nitrogens with one attached hydrogen (secondary N) is 1. The van der Waals surface area contributed by atoms with E-state index < -0.39 is 0 Å². The predicted octanol–water partition coefficient (Wildman–Crippen LogP) is 2.75. The van der Waals surface area contributed by atoms with Crippen LogP contribution in [0.5, 0.6) is 0 Å². The van der Waals surface area contributed by atoms with Gasteiger partial charge in [-0.15, -0.1) is 0 Å². The summed E-state index contributed by atoms with van der Waals surface area (Å²) in [7, 11) is 4.07. The molecule has 0 aliphatic heterocycles. The predicted molar refractivity (Wildman–Crippen MR) is 93.7 cm³/mol. The lowest BCUT2D eigenvalue weighted by Crippen LogP contribution is -2.47. The summed E-state index contributed by atoms with van der Waals surface area (Å²) in [6, 6.07) is 7.23. The highest BCUT2D eigenvalue weighted by atomic mass is 16.5. The molecule has 1 heterocycles. The number of amides is 1. The van der Waals surface area contributed by atoms with Crippen molar-refractivity contribution in [2.24, 2.45) is 5.41 Å². The summed E-state index contributed by atoms with van der Waals surface area (Å²) in [5.74, 6) is 0.964. The van der Waals surface area contributed by atoms with E-state index in [1.165, 1.54) is 0 Å². The zero-order valence-electron chi connectivity index (χ0n) is 15.3. The Labute approximate surface area is 143 Å². The lowest BCUT2D eigenvalue weighted by Gasteiger charge is -2.34. The van der Waals surface area contributed by atoms with Gasteiger partial charge in [-0.1, -0.05) is 19.0 Å². The second kappa shape index (κ2) is 7.13. The van der Waals surface area contributed by atoms with Gasteiger partial charge in [-0.05, 0) is 57.6 Å². The molecule has 0 saturated heterocycles. The number of carbonyl (C=O) groups is 1. The largest absolute Gasteiger partial charge is 0.349 e. The van der Waals surface area contributed by atoms with Crippen LogP contribution in [0.4, 0.5) is 0 Å². The summed E-state index contributed by atoms with van der Waals surface area (Å²) < 4.78 is 5.13. The third-order valence-corrected chi connectivity index (χ3v) is 4.17. The van der Waals surface area contributed by atoms with Gasteiger partial charge in [0.1, 0.15) is 0 Å². The normalized spacial score (nSPS) is 13.1. The SMILES string of the molecule is Cc1noc(-c2ccc(C(=O)N[C@@H](C)C(C)(C)CN(C)C)cc2)n1. The summed E-state index contributed by atoms with van der Waals surface area (Å²) in [6.45, 7) is 9.00. The van der Waals surface area contributed by atoms with Crippen molar-refractivity contribution in [2.75, 3.05) is 20.6 Å². The zero-order valence-corrected chi connectivity index (χ0v) is 15.3. The van der Waals surface area contributed by atoms with Crippen molar-refractivity contribution in [3.8, 4) is 11.5 Å². The number of rotatable bonds is 6. The highest BCUT2D eigenvalue weighted by Crippen LogP contribution is 2.22. The lowest BCUT2D eigenvalue weighted by atomic mass is 9.84. The van der Waals surface area contributed by atoms with Crippen molar-refractivity contribution in [1.82, 2.24) is 20.4 Å². The standard InChI is InChI=1S/C18H26N4O2/c1-12(18(3,4)11-22(5)6)19-16(23)14-7-9-15(10-8-14)17-20-13(2)21-24-17/h7-10,12H,11H2,1-6H3,(H,19,23)/t12-/m0/s1. The van der Waals surface area contributed by atoms with E-state index in [1.54, 1.807) is 19.1 Å². The first-order valence-electron chi connectivity index (χ1n) is 8.05. The van der Waals surface area contributed by atoms with E-state index in [0.717, 1.165) is 12.1 Å². The van der Waals surface area contributed by atoms with E-state index in [0.29, 0.717) is 17.3 Å². The Morgan fingerprint density at radius 2 is 1.92 bits per heavy atom. The fraction of sp³-hybridized carbons (Fsp3) is 0.500. The number of hydrogen-bond acceptors (Lipinski definition) is 5. The van der Waals surface area contributed by atoms with Crippen molar-refractivity contribution in [1.29, 1.82) is 0 Å². The van der Waals surface area contributed by atoms with E-state index in [4.69, 9.17) is 4.52 Å². The minimum atomic E-state index is -0.0809. The lowest BCUT2D eigenvalue weighted by molar-refractivity contribution is 0.0885. The average Bonchev–Trinajstić information content (AvgIpc) is 2.92. The maximum atomic E-state index is 12.5. The van der Waals surface area contributed by atoms with Crippen LogP contribution in [0.25, 0.3) is 11.5 Å². The zero-order chi connectivity index (χ0) is 17.9. The molecular weight excluding hydrogens is 304 g/mol. The first kappa shape index (κ1) is 18.1. The highest BCUT2D eigenvalue weighted by Gasteiger charge is 2.28. The Morgan fingerprint density at radius 3 is 2.42 bits per heavy atom. The topological polar surface area (TPSA) is 71.3 Å². The summed E-state index contributed by atoms with van der Waals surface area (Å²) in [5.41, 5.74) is 1.39. The molecule has 0 aliphatic carbocycles. The van der Waals surface area contributed by atoms with Gasteiger partial charge in [-0.3, -0.25) is 4.79 Å². The Morgan fingerprint density at radius 1 is 1.29 bits per heavy atom. The Balaban J connectivity index is 2.05. The van der Waals surface area contributed by atoms with Crippen LogP contribution in [-0.4, -0.2) is 47.6 Å².